The number of benzene rings is 1. The van der Waals surface area contributed by atoms with Crippen LogP contribution in [0.15, 0.2) is 28.7 Å². The van der Waals surface area contributed by atoms with E-state index in [1.54, 1.807) is 0 Å². The van der Waals surface area contributed by atoms with Crippen LogP contribution in [0.3, 0.4) is 0 Å². The van der Waals surface area contributed by atoms with Gasteiger partial charge in [-0.3, -0.25) is 4.79 Å². The summed E-state index contributed by atoms with van der Waals surface area (Å²) in [4.78, 5) is 11.0. The molecule has 1 aliphatic heterocycles. The van der Waals surface area contributed by atoms with Crippen molar-refractivity contribution in [3.8, 4) is 0 Å². The molecule has 1 aliphatic rings. The van der Waals surface area contributed by atoms with Gasteiger partial charge in [0, 0.05) is 23.5 Å². The van der Waals surface area contributed by atoms with E-state index in [4.69, 9.17) is 5.11 Å². The van der Waals surface area contributed by atoms with Gasteiger partial charge in [-0.2, -0.15) is 0 Å². The second kappa shape index (κ2) is 5.66. The second-order valence-electron chi connectivity index (χ2n) is 3.76. The van der Waals surface area contributed by atoms with Gasteiger partial charge in [0.05, 0.1) is 5.92 Å². The van der Waals surface area contributed by atoms with Crippen molar-refractivity contribution >= 4 is 34.3 Å². The highest BCUT2D eigenvalue weighted by atomic mass is 79.9. The molecule has 2 atom stereocenters. The highest BCUT2D eigenvalue weighted by Gasteiger charge is 2.33. The number of carbonyl (C=O) groups is 1. The fourth-order valence-electron chi connectivity index (χ4n) is 2.03. The Morgan fingerprint density at radius 1 is 1.44 bits per heavy atom. The summed E-state index contributed by atoms with van der Waals surface area (Å²) in [5, 5.41) is 12.2. The lowest BCUT2D eigenvalue weighted by Crippen LogP contribution is -2.20. The molecule has 0 unspecified atom stereocenters. The lowest BCUT2D eigenvalue weighted by molar-refractivity contribution is -0.141. The van der Waals surface area contributed by atoms with Crippen LogP contribution in [-0.4, -0.2) is 24.2 Å². The van der Waals surface area contributed by atoms with E-state index in [9.17, 15) is 4.79 Å². The molecule has 0 saturated carbocycles. The fourth-order valence-corrected chi connectivity index (χ4v) is 2.44. The molecule has 2 rings (SSSR count). The molecule has 1 saturated heterocycles. The van der Waals surface area contributed by atoms with Gasteiger partial charge in [0.2, 0.25) is 0 Å². The summed E-state index contributed by atoms with van der Waals surface area (Å²) in [6, 6.07) is 7.87. The zero-order valence-electron chi connectivity index (χ0n) is 8.52. The van der Waals surface area contributed by atoms with E-state index in [-0.39, 0.29) is 24.2 Å². The average Bonchev–Trinajstić information content (AvgIpc) is 2.65. The zero-order chi connectivity index (χ0) is 10.8. The molecule has 0 amide bonds. The van der Waals surface area contributed by atoms with Gasteiger partial charge in [-0.25, -0.2) is 0 Å². The van der Waals surface area contributed by atoms with Gasteiger partial charge in [-0.05, 0) is 17.7 Å². The van der Waals surface area contributed by atoms with Crippen molar-refractivity contribution in [1.29, 1.82) is 0 Å². The number of carboxylic acid groups (broad SMARTS) is 1. The van der Waals surface area contributed by atoms with Gasteiger partial charge in [0.15, 0.2) is 0 Å². The average molecular weight is 307 g/mol. The third-order valence-electron chi connectivity index (χ3n) is 2.81. The minimum atomic E-state index is -0.718. The van der Waals surface area contributed by atoms with Crippen LogP contribution in [-0.2, 0) is 4.79 Å². The van der Waals surface area contributed by atoms with Crippen molar-refractivity contribution < 1.29 is 9.90 Å². The molecule has 1 heterocycles. The zero-order valence-corrected chi connectivity index (χ0v) is 10.9. The first-order valence-corrected chi connectivity index (χ1v) is 5.67. The Morgan fingerprint density at radius 3 is 2.81 bits per heavy atom. The molecule has 1 aromatic rings. The summed E-state index contributed by atoms with van der Waals surface area (Å²) in [6.45, 7) is 1.31. The van der Waals surface area contributed by atoms with Crippen LogP contribution in [0, 0.1) is 5.92 Å². The Hall–Kier alpha value is -0.580. The third-order valence-corrected chi connectivity index (χ3v) is 3.30. The Morgan fingerprint density at radius 2 is 2.19 bits per heavy atom. The Kier molecular flexibility index (Phi) is 4.77. The van der Waals surface area contributed by atoms with Crippen LogP contribution in [0.2, 0.25) is 0 Å². The molecular formula is C11H13BrClNO2. The smallest absolute Gasteiger partial charge is 0.308 e. The molecule has 0 bridgehead atoms. The fraction of sp³-hybridized carbons (Fsp3) is 0.364. The van der Waals surface area contributed by atoms with Gasteiger partial charge >= 0.3 is 5.97 Å². The van der Waals surface area contributed by atoms with Crippen molar-refractivity contribution in [2.75, 3.05) is 13.1 Å². The molecule has 5 heteroatoms. The van der Waals surface area contributed by atoms with Gasteiger partial charge in [-0.15, -0.1) is 12.4 Å². The number of aliphatic carboxylic acids is 1. The lowest BCUT2D eigenvalue weighted by atomic mass is 9.89. The first-order valence-electron chi connectivity index (χ1n) is 4.87. The first-order chi connectivity index (χ1) is 7.18. The van der Waals surface area contributed by atoms with Crippen LogP contribution >= 0.6 is 28.3 Å². The van der Waals surface area contributed by atoms with Crippen LogP contribution in [0.5, 0.6) is 0 Å². The first kappa shape index (κ1) is 13.5. The topological polar surface area (TPSA) is 49.3 Å². The van der Waals surface area contributed by atoms with Crippen LogP contribution in [0.4, 0.5) is 0 Å². The second-order valence-corrected chi connectivity index (χ2v) is 4.68. The number of hydrogen-bond acceptors (Lipinski definition) is 2. The maximum Gasteiger partial charge on any atom is 0.308 e. The largest absolute Gasteiger partial charge is 0.481 e. The van der Waals surface area contributed by atoms with Crippen LogP contribution < -0.4 is 5.32 Å². The molecule has 1 fully saturated rings. The summed E-state index contributed by atoms with van der Waals surface area (Å²) in [5.41, 5.74) is 1.08. The van der Waals surface area contributed by atoms with Gasteiger partial charge in [0.1, 0.15) is 0 Å². The van der Waals surface area contributed by atoms with Crippen LogP contribution in [0.1, 0.15) is 11.5 Å². The molecule has 2 N–H and O–H groups in total. The molecule has 0 spiro atoms. The van der Waals surface area contributed by atoms with Crippen LogP contribution in [0.25, 0.3) is 0 Å². The number of nitrogens with one attached hydrogen (secondary N) is 1. The number of hydrogen-bond donors (Lipinski definition) is 2. The predicted molar refractivity (Wildman–Crippen MR) is 68.1 cm³/mol. The van der Waals surface area contributed by atoms with Crippen molar-refractivity contribution in [1.82, 2.24) is 5.32 Å². The quantitative estimate of drug-likeness (QED) is 0.881. The molecule has 0 aliphatic carbocycles. The summed E-state index contributed by atoms with van der Waals surface area (Å²) < 4.78 is 0.996. The maximum absolute atomic E-state index is 11.0. The lowest BCUT2D eigenvalue weighted by Gasteiger charge is -2.15. The number of carboxylic acids is 1. The molecule has 3 nitrogen and oxygen atoms in total. The SMILES string of the molecule is Cl.O=C(O)[C@@H]1CNC[C@H]1c1cccc(Br)c1. The van der Waals surface area contributed by atoms with Gasteiger partial charge in [0.25, 0.3) is 0 Å². The normalized spacial score (nSPS) is 23.8. The van der Waals surface area contributed by atoms with Crippen molar-refractivity contribution in [2.45, 2.75) is 5.92 Å². The van der Waals surface area contributed by atoms with E-state index in [0.717, 1.165) is 16.6 Å². The summed E-state index contributed by atoms with van der Waals surface area (Å²) in [6.07, 6.45) is 0. The maximum atomic E-state index is 11.0. The van der Waals surface area contributed by atoms with Crippen molar-refractivity contribution in [3.05, 3.63) is 34.3 Å². The minimum Gasteiger partial charge on any atom is -0.481 e. The molecule has 0 radical (unpaired) electrons. The van der Waals surface area contributed by atoms with E-state index in [2.05, 4.69) is 21.2 Å². The van der Waals surface area contributed by atoms with E-state index in [1.807, 2.05) is 24.3 Å². The summed E-state index contributed by atoms with van der Waals surface area (Å²) in [5.74, 6) is -0.940. The molecule has 16 heavy (non-hydrogen) atoms. The Balaban J connectivity index is 0.00000128. The Bertz CT molecular complexity index is 386. The van der Waals surface area contributed by atoms with E-state index in [1.165, 1.54) is 0 Å². The predicted octanol–water partition coefficient (Wildman–Crippen LogP) is 2.26. The van der Waals surface area contributed by atoms with E-state index in [0.29, 0.717) is 6.54 Å². The van der Waals surface area contributed by atoms with Crippen molar-refractivity contribution in [3.63, 3.8) is 0 Å². The molecule has 0 aromatic heterocycles. The third kappa shape index (κ3) is 2.75. The van der Waals surface area contributed by atoms with E-state index >= 15 is 0 Å². The highest BCUT2D eigenvalue weighted by molar-refractivity contribution is 9.10. The number of rotatable bonds is 2. The molecule has 88 valence electrons. The minimum absolute atomic E-state index is 0. The molecule has 1 aromatic carbocycles. The number of halogens is 2. The highest BCUT2D eigenvalue weighted by Crippen LogP contribution is 2.29. The van der Waals surface area contributed by atoms with Gasteiger partial charge in [-0.1, -0.05) is 28.1 Å². The summed E-state index contributed by atoms with van der Waals surface area (Å²) >= 11 is 3.40. The van der Waals surface area contributed by atoms with Crippen molar-refractivity contribution in [2.24, 2.45) is 5.92 Å². The molecular weight excluding hydrogens is 293 g/mol. The standard InChI is InChI=1S/C11H12BrNO2.ClH/c12-8-3-1-2-7(4-8)9-5-13-6-10(9)11(14)15;/h1-4,9-10,13H,5-6H2,(H,14,15);1H/t9-,10+;/m0./s1. The van der Waals surface area contributed by atoms with Gasteiger partial charge < -0.3 is 10.4 Å². The summed E-state index contributed by atoms with van der Waals surface area (Å²) in [7, 11) is 0. The Labute approximate surface area is 109 Å². The van der Waals surface area contributed by atoms with E-state index < -0.39 is 5.97 Å². The monoisotopic (exact) mass is 305 g/mol.